The summed E-state index contributed by atoms with van der Waals surface area (Å²) in [5.41, 5.74) is 1.07. The van der Waals surface area contributed by atoms with Gasteiger partial charge in [0.1, 0.15) is 0 Å². The van der Waals surface area contributed by atoms with Crippen LogP contribution in [-0.4, -0.2) is 16.1 Å². The Labute approximate surface area is 102 Å². The summed E-state index contributed by atoms with van der Waals surface area (Å²) in [6.45, 7) is 9.41. The third kappa shape index (κ3) is 3.03. The zero-order chi connectivity index (χ0) is 12.2. The second-order valence-corrected chi connectivity index (χ2v) is 5.54. The summed E-state index contributed by atoms with van der Waals surface area (Å²) in [5.74, 6) is 2.71. The summed E-state index contributed by atoms with van der Waals surface area (Å²) in [6, 6.07) is 0.184. The highest BCUT2D eigenvalue weighted by Crippen LogP contribution is 2.31. The molecule has 0 aliphatic rings. The van der Waals surface area contributed by atoms with Crippen molar-refractivity contribution in [1.29, 1.82) is 0 Å². The predicted octanol–water partition coefficient (Wildman–Crippen LogP) is 2.51. The molecule has 1 rings (SSSR count). The van der Waals surface area contributed by atoms with E-state index in [9.17, 15) is 0 Å². The normalized spacial score (nSPS) is 13.4. The van der Waals surface area contributed by atoms with Crippen molar-refractivity contribution >= 4 is 11.5 Å². The van der Waals surface area contributed by atoms with E-state index in [0.29, 0.717) is 6.42 Å². The average molecular weight is 237 g/mol. The molecule has 1 unspecified atom stereocenters. The molecule has 0 fully saturated rings. The Balaban J connectivity index is 3.01. The molecular weight excluding hydrogens is 218 g/mol. The summed E-state index contributed by atoms with van der Waals surface area (Å²) >= 11 is 1.45. The third-order valence-corrected chi connectivity index (χ3v) is 3.15. The van der Waals surface area contributed by atoms with Gasteiger partial charge < -0.3 is 5.32 Å². The zero-order valence-corrected chi connectivity index (χ0v) is 11.2. The van der Waals surface area contributed by atoms with Crippen LogP contribution in [0.3, 0.4) is 0 Å². The molecule has 0 bridgehead atoms. The third-order valence-electron chi connectivity index (χ3n) is 2.31. The van der Waals surface area contributed by atoms with Crippen molar-refractivity contribution in [3.8, 4) is 12.3 Å². The second kappa shape index (κ2) is 5.42. The molecule has 0 radical (unpaired) electrons. The number of nitrogens with zero attached hydrogens (tertiary/aromatic N) is 2. The minimum absolute atomic E-state index is 0.0185. The van der Waals surface area contributed by atoms with Gasteiger partial charge in [-0.1, -0.05) is 32.2 Å². The molecule has 0 spiro atoms. The quantitative estimate of drug-likeness (QED) is 0.818. The number of nitrogens with one attached hydrogen (secondary N) is 1. The minimum Gasteiger partial charge on any atom is -0.309 e. The number of hydrogen-bond acceptors (Lipinski definition) is 4. The van der Waals surface area contributed by atoms with E-state index in [2.05, 4.69) is 48.5 Å². The van der Waals surface area contributed by atoms with Crippen molar-refractivity contribution in [2.75, 3.05) is 6.54 Å². The van der Waals surface area contributed by atoms with Crippen molar-refractivity contribution < 1.29 is 0 Å². The molecule has 0 saturated heterocycles. The van der Waals surface area contributed by atoms with Crippen LogP contribution in [0.2, 0.25) is 0 Å². The topological polar surface area (TPSA) is 37.8 Å². The fourth-order valence-electron chi connectivity index (χ4n) is 1.57. The lowest BCUT2D eigenvalue weighted by Gasteiger charge is -2.21. The summed E-state index contributed by atoms with van der Waals surface area (Å²) < 4.78 is 4.06. The van der Waals surface area contributed by atoms with Crippen LogP contribution in [0.1, 0.15) is 50.7 Å². The monoisotopic (exact) mass is 237 g/mol. The van der Waals surface area contributed by atoms with E-state index >= 15 is 0 Å². The first-order valence-corrected chi connectivity index (χ1v) is 6.27. The van der Waals surface area contributed by atoms with E-state index in [1.807, 2.05) is 0 Å². The fraction of sp³-hybridized carbons (Fsp3) is 0.667. The molecule has 4 heteroatoms. The highest BCUT2D eigenvalue weighted by molar-refractivity contribution is 7.05. The number of rotatable bonds is 4. The number of hydrogen-bond donors (Lipinski definition) is 1. The minimum atomic E-state index is 0.0185. The van der Waals surface area contributed by atoms with Crippen LogP contribution >= 0.6 is 11.5 Å². The Morgan fingerprint density at radius 1 is 1.50 bits per heavy atom. The van der Waals surface area contributed by atoms with Crippen molar-refractivity contribution in [2.24, 2.45) is 0 Å². The average Bonchev–Trinajstić information content (AvgIpc) is 2.65. The first kappa shape index (κ1) is 13.1. The van der Waals surface area contributed by atoms with Crippen LogP contribution in [-0.2, 0) is 5.41 Å². The molecule has 0 aliphatic heterocycles. The molecule has 0 aliphatic carbocycles. The molecule has 88 valence electrons. The predicted molar refractivity (Wildman–Crippen MR) is 68.5 cm³/mol. The largest absolute Gasteiger partial charge is 0.309 e. The Morgan fingerprint density at radius 3 is 2.69 bits per heavy atom. The first-order chi connectivity index (χ1) is 7.50. The molecule has 0 amide bonds. The number of terminal acetylenes is 1. The summed E-state index contributed by atoms with van der Waals surface area (Å²) in [4.78, 5) is 1.17. The highest BCUT2D eigenvalue weighted by Gasteiger charge is 2.26. The van der Waals surface area contributed by atoms with Crippen LogP contribution < -0.4 is 5.32 Å². The zero-order valence-electron chi connectivity index (χ0n) is 10.4. The molecule has 0 aromatic carbocycles. The lowest BCUT2D eigenvalue weighted by atomic mass is 9.89. The van der Waals surface area contributed by atoms with Crippen molar-refractivity contribution in [1.82, 2.24) is 14.9 Å². The van der Waals surface area contributed by atoms with Crippen LogP contribution in [0.15, 0.2) is 0 Å². The Bertz CT molecular complexity index is 370. The van der Waals surface area contributed by atoms with Gasteiger partial charge in [-0.15, -0.1) is 17.4 Å². The van der Waals surface area contributed by atoms with Crippen LogP contribution in [0, 0.1) is 12.3 Å². The van der Waals surface area contributed by atoms with Gasteiger partial charge in [-0.3, -0.25) is 0 Å². The smallest absolute Gasteiger partial charge is 0.0857 e. The summed E-state index contributed by atoms with van der Waals surface area (Å²) in [7, 11) is 0. The summed E-state index contributed by atoms with van der Waals surface area (Å²) in [6.07, 6.45) is 6.08. The van der Waals surface area contributed by atoms with E-state index < -0.39 is 0 Å². The van der Waals surface area contributed by atoms with E-state index in [0.717, 1.165) is 12.2 Å². The van der Waals surface area contributed by atoms with Crippen LogP contribution in [0.4, 0.5) is 0 Å². The lowest BCUT2D eigenvalue weighted by Crippen LogP contribution is -2.23. The molecule has 1 aromatic heterocycles. The first-order valence-electron chi connectivity index (χ1n) is 5.50. The molecule has 16 heavy (non-hydrogen) atoms. The van der Waals surface area contributed by atoms with Gasteiger partial charge in [0, 0.05) is 11.8 Å². The number of aromatic nitrogens is 2. The molecule has 1 atom stereocenters. The van der Waals surface area contributed by atoms with Gasteiger partial charge in [0.25, 0.3) is 0 Å². The van der Waals surface area contributed by atoms with Gasteiger partial charge >= 0.3 is 0 Å². The van der Waals surface area contributed by atoms with Gasteiger partial charge in [0.15, 0.2) is 0 Å². The maximum Gasteiger partial charge on any atom is 0.0857 e. The van der Waals surface area contributed by atoms with Crippen molar-refractivity contribution in [3.63, 3.8) is 0 Å². The van der Waals surface area contributed by atoms with Gasteiger partial charge in [-0.25, -0.2) is 0 Å². The molecule has 1 aromatic rings. The van der Waals surface area contributed by atoms with Crippen molar-refractivity contribution in [2.45, 2.75) is 45.6 Å². The standard InChI is InChI=1S/C12H19N3S/c1-6-8-9(13-7-2)10-11(12(3,4)5)14-15-16-10/h1,9,13H,7-8H2,2-5H3. The Kier molecular flexibility index (Phi) is 4.45. The maximum absolute atomic E-state index is 5.40. The Hall–Kier alpha value is -0.920. The highest BCUT2D eigenvalue weighted by atomic mass is 32.1. The second-order valence-electron chi connectivity index (χ2n) is 4.75. The van der Waals surface area contributed by atoms with Crippen molar-refractivity contribution in [3.05, 3.63) is 10.6 Å². The maximum atomic E-state index is 5.40. The van der Waals surface area contributed by atoms with Crippen LogP contribution in [0.5, 0.6) is 0 Å². The van der Waals surface area contributed by atoms with Gasteiger partial charge in [-0.05, 0) is 18.1 Å². The van der Waals surface area contributed by atoms with Crippen LogP contribution in [0.25, 0.3) is 0 Å². The summed E-state index contributed by atoms with van der Waals surface area (Å²) in [5, 5.41) is 7.62. The van der Waals surface area contributed by atoms with E-state index in [-0.39, 0.29) is 11.5 Å². The van der Waals surface area contributed by atoms with Gasteiger partial charge in [0.2, 0.25) is 0 Å². The fourth-order valence-corrected chi connectivity index (χ4v) is 2.51. The molecule has 0 saturated carbocycles. The molecule has 1 N–H and O–H groups in total. The molecule has 3 nitrogen and oxygen atoms in total. The van der Waals surface area contributed by atoms with Gasteiger partial charge in [0.05, 0.1) is 16.6 Å². The van der Waals surface area contributed by atoms with E-state index in [1.54, 1.807) is 0 Å². The Morgan fingerprint density at radius 2 is 2.19 bits per heavy atom. The lowest BCUT2D eigenvalue weighted by molar-refractivity contribution is 0.522. The van der Waals surface area contributed by atoms with E-state index in [1.165, 1.54) is 16.4 Å². The molecular formula is C12H19N3S. The van der Waals surface area contributed by atoms with Gasteiger partial charge in [-0.2, -0.15) is 0 Å². The van der Waals surface area contributed by atoms with E-state index in [4.69, 9.17) is 6.42 Å². The SMILES string of the molecule is C#CCC(NCC)c1snnc1C(C)(C)C. The molecule has 1 heterocycles.